The van der Waals surface area contributed by atoms with Crippen molar-refractivity contribution in [3.8, 4) is 0 Å². The molecule has 21 heteroatoms. The second kappa shape index (κ2) is 8.76. The van der Waals surface area contributed by atoms with Gasteiger partial charge in [-0.3, -0.25) is 9.09 Å². The summed E-state index contributed by atoms with van der Waals surface area (Å²) in [4.78, 5) is 47.5. The SMILES string of the molecule is Nc1ncnc2c1ncn2[C@H]1C[C@H](O)[C@@](CF)(COP(=O)(O)OP(=O)(O)OP(=O)(O)O)O1. The van der Waals surface area contributed by atoms with Gasteiger partial charge in [-0.2, -0.15) is 8.62 Å². The summed E-state index contributed by atoms with van der Waals surface area (Å²) in [5, 5.41) is 10.3. The third-order valence-corrected chi connectivity index (χ3v) is 8.00. The first-order chi connectivity index (χ1) is 14.7. The van der Waals surface area contributed by atoms with Crippen molar-refractivity contribution in [2.75, 3.05) is 19.0 Å². The molecule has 2 aromatic heterocycles. The molecule has 0 saturated carbocycles. The second-order valence-corrected chi connectivity index (χ2v) is 10.9. The number of aromatic nitrogens is 4. The van der Waals surface area contributed by atoms with E-state index >= 15 is 0 Å². The fraction of sp³-hybridized carbons (Fsp3) is 0.545. The molecule has 0 spiro atoms. The standard InChI is InChI=1S/C11H17FN5O12P3/c12-2-11(3-26-31(22,23)29-32(24,25)28-30(19,20)21)6(18)1-7(27-11)17-5-16-8-9(13)14-4-15-10(8)17/h4-7,18H,1-3H2,(H,22,23)(H,24,25)(H2,13,14,15)(H2,19,20,21)/t6-,7+,11+/m0/s1. The molecule has 1 saturated heterocycles. The molecule has 0 aliphatic carbocycles. The molecule has 2 aromatic rings. The van der Waals surface area contributed by atoms with Crippen molar-refractivity contribution in [3.05, 3.63) is 12.7 Å². The lowest BCUT2D eigenvalue weighted by Gasteiger charge is -2.29. The lowest BCUT2D eigenvalue weighted by molar-refractivity contribution is -0.134. The average molecular weight is 523 g/mol. The molecule has 5 atom stereocenters. The zero-order valence-corrected chi connectivity index (χ0v) is 18.3. The number of imidazole rings is 1. The molecule has 0 bridgehead atoms. The molecule has 0 aromatic carbocycles. The number of aliphatic hydroxyl groups excluding tert-OH is 1. The molecule has 180 valence electrons. The fourth-order valence-corrected chi connectivity index (χ4v) is 5.91. The molecule has 1 fully saturated rings. The topological polar surface area (TPSA) is 259 Å². The molecule has 1 aliphatic rings. The Morgan fingerprint density at radius 3 is 2.50 bits per heavy atom. The Morgan fingerprint density at radius 2 is 1.88 bits per heavy atom. The molecule has 1 aliphatic heterocycles. The molecule has 2 unspecified atom stereocenters. The van der Waals surface area contributed by atoms with E-state index in [1.54, 1.807) is 0 Å². The Hall–Kier alpha value is -1.39. The van der Waals surface area contributed by atoms with Crippen LogP contribution in [0.2, 0.25) is 0 Å². The van der Waals surface area contributed by atoms with Gasteiger partial charge in [0.2, 0.25) is 0 Å². The van der Waals surface area contributed by atoms with Gasteiger partial charge >= 0.3 is 23.5 Å². The smallest absolute Gasteiger partial charge is 0.390 e. The summed E-state index contributed by atoms with van der Waals surface area (Å²) < 4.78 is 66.2. The molecular formula is C11H17FN5O12P3. The first-order valence-corrected chi connectivity index (χ1v) is 12.8. The number of hydrogen-bond donors (Lipinski definition) is 6. The zero-order valence-electron chi connectivity index (χ0n) is 15.6. The average Bonchev–Trinajstić information content (AvgIpc) is 3.19. The summed E-state index contributed by atoms with van der Waals surface area (Å²) >= 11 is 0. The minimum Gasteiger partial charge on any atom is -0.390 e. The number of hydrogen-bond acceptors (Lipinski definition) is 12. The normalized spacial score (nSPS) is 27.9. The van der Waals surface area contributed by atoms with Crippen molar-refractivity contribution in [1.29, 1.82) is 0 Å². The van der Waals surface area contributed by atoms with Gasteiger partial charge in [0.25, 0.3) is 0 Å². The van der Waals surface area contributed by atoms with E-state index in [4.69, 9.17) is 25.2 Å². The number of phosphoric ester groups is 1. The monoisotopic (exact) mass is 523 g/mol. The van der Waals surface area contributed by atoms with Crippen LogP contribution in [0.5, 0.6) is 0 Å². The molecular weight excluding hydrogens is 506 g/mol. The molecule has 32 heavy (non-hydrogen) atoms. The van der Waals surface area contributed by atoms with E-state index in [2.05, 4.69) is 28.1 Å². The molecule has 0 radical (unpaired) electrons. The third-order valence-electron chi connectivity index (χ3n) is 4.21. The number of aliphatic hydroxyl groups is 1. The largest absolute Gasteiger partial charge is 0.490 e. The van der Waals surface area contributed by atoms with Gasteiger partial charge in [-0.05, 0) is 0 Å². The van der Waals surface area contributed by atoms with Crippen LogP contribution in [0.4, 0.5) is 10.2 Å². The fourth-order valence-electron chi connectivity index (χ4n) is 2.84. The molecule has 3 heterocycles. The van der Waals surface area contributed by atoms with Gasteiger partial charge in [0.15, 0.2) is 11.5 Å². The lowest BCUT2D eigenvalue weighted by atomic mass is 10.00. The van der Waals surface area contributed by atoms with Crippen molar-refractivity contribution in [2.45, 2.75) is 24.4 Å². The van der Waals surface area contributed by atoms with Crippen molar-refractivity contribution in [1.82, 2.24) is 19.5 Å². The number of nitrogens with two attached hydrogens (primary N) is 1. The van der Waals surface area contributed by atoms with Crippen LogP contribution in [0.3, 0.4) is 0 Å². The first-order valence-electron chi connectivity index (χ1n) is 8.30. The lowest BCUT2D eigenvalue weighted by Crippen LogP contribution is -2.46. The maximum Gasteiger partial charge on any atom is 0.490 e. The van der Waals surface area contributed by atoms with Crippen LogP contribution < -0.4 is 5.73 Å². The van der Waals surface area contributed by atoms with Gasteiger partial charge in [0, 0.05) is 6.42 Å². The minimum atomic E-state index is -5.76. The summed E-state index contributed by atoms with van der Waals surface area (Å²) in [6, 6.07) is 0. The van der Waals surface area contributed by atoms with Crippen molar-refractivity contribution in [3.63, 3.8) is 0 Å². The van der Waals surface area contributed by atoms with E-state index < -0.39 is 54.7 Å². The van der Waals surface area contributed by atoms with Gasteiger partial charge in [-0.15, -0.1) is 0 Å². The molecule has 0 amide bonds. The number of halogens is 1. The van der Waals surface area contributed by atoms with Crippen LogP contribution in [0.1, 0.15) is 12.6 Å². The number of anilines is 1. The van der Waals surface area contributed by atoms with E-state index in [1.165, 1.54) is 10.9 Å². The Balaban J connectivity index is 1.75. The van der Waals surface area contributed by atoms with E-state index in [1.807, 2.05) is 0 Å². The maximum absolute atomic E-state index is 13.9. The van der Waals surface area contributed by atoms with E-state index in [0.29, 0.717) is 0 Å². The Labute approximate surface area is 177 Å². The Morgan fingerprint density at radius 1 is 1.19 bits per heavy atom. The highest BCUT2D eigenvalue weighted by Crippen LogP contribution is 2.66. The maximum atomic E-state index is 13.9. The predicted octanol–water partition coefficient (Wildman–Crippen LogP) is -0.260. The van der Waals surface area contributed by atoms with Crippen LogP contribution in [-0.4, -0.2) is 69.2 Å². The second-order valence-electron chi connectivity index (χ2n) is 6.47. The van der Waals surface area contributed by atoms with E-state index in [9.17, 15) is 28.1 Å². The highest BCUT2D eigenvalue weighted by atomic mass is 31.3. The third kappa shape index (κ3) is 5.56. The Bertz CT molecular complexity index is 1140. The molecule has 3 rings (SSSR count). The first kappa shape index (κ1) is 25.2. The quantitative estimate of drug-likeness (QED) is 0.231. The number of nitrogens with zero attached hydrogens (tertiary/aromatic N) is 4. The summed E-state index contributed by atoms with van der Waals surface area (Å²) in [7, 11) is -16.9. The highest BCUT2D eigenvalue weighted by molar-refractivity contribution is 7.66. The van der Waals surface area contributed by atoms with Crippen LogP contribution >= 0.6 is 23.5 Å². The number of fused-ring (bicyclic) bond motifs is 1. The van der Waals surface area contributed by atoms with Crippen LogP contribution in [0, 0.1) is 0 Å². The summed E-state index contributed by atoms with van der Waals surface area (Å²) in [5.41, 5.74) is 3.85. The van der Waals surface area contributed by atoms with E-state index in [-0.39, 0.29) is 23.4 Å². The van der Waals surface area contributed by atoms with Crippen molar-refractivity contribution >= 4 is 40.4 Å². The number of ether oxygens (including phenoxy) is 1. The summed E-state index contributed by atoms with van der Waals surface area (Å²) in [6.07, 6.45) is -0.562. The van der Waals surface area contributed by atoms with Gasteiger partial charge in [0.05, 0.1) is 19.0 Å². The van der Waals surface area contributed by atoms with Crippen LogP contribution in [0.15, 0.2) is 12.7 Å². The summed E-state index contributed by atoms with van der Waals surface area (Å²) in [5.74, 6) is 0.0525. The van der Waals surface area contributed by atoms with E-state index in [0.717, 1.165) is 6.33 Å². The number of alkyl halides is 1. The van der Waals surface area contributed by atoms with Gasteiger partial charge in [-0.25, -0.2) is 33.0 Å². The highest BCUT2D eigenvalue weighted by Gasteiger charge is 2.52. The molecule has 7 N–H and O–H groups in total. The van der Waals surface area contributed by atoms with Gasteiger partial charge in [0.1, 0.15) is 30.3 Å². The number of phosphoric acid groups is 3. The number of rotatable bonds is 9. The molecule has 17 nitrogen and oxygen atoms in total. The van der Waals surface area contributed by atoms with Crippen molar-refractivity contribution in [2.24, 2.45) is 0 Å². The summed E-state index contributed by atoms with van der Waals surface area (Å²) in [6.45, 7) is -2.61. The Kier molecular flexibility index (Phi) is 6.91. The van der Waals surface area contributed by atoms with Gasteiger partial charge in [-0.1, -0.05) is 0 Å². The van der Waals surface area contributed by atoms with Crippen LogP contribution in [-0.2, 0) is 31.6 Å². The zero-order chi connectivity index (χ0) is 23.9. The van der Waals surface area contributed by atoms with Crippen molar-refractivity contribution < 1.29 is 60.6 Å². The van der Waals surface area contributed by atoms with Gasteiger partial charge < -0.3 is 35.2 Å². The number of nitrogen functional groups attached to an aromatic ring is 1. The minimum absolute atomic E-state index is 0.0525. The van der Waals surface area contributed by atoms with Crippen LogP contribution in [0.25, 0.3) is 11.2 Å². The predicted molar refractivity (Wildman–Crippen MR) is 99.0 cm³/mol.